The van der Waals surface area contributed by atoms with Gasteiger partial charge >= 0.3 is 10.7 Å². The van der Waals surface area contributed by atoms with Gasteiger partial charge in [-0.3, -0.25) is 14.3 Å². The Bertz CT molecular complexity index is 882. The van der Waals surface area contributed by atoms with Gasteiger partial charge in [-0.05, 0) is 41.3 Å². The number of fused-ring (bicyclic) bond motifs is 1. The summed E-state index contributed by atoms with van der Waals surface area (Å²) < 4.78 is 6.06. The number of benzene rings is 1. The van der Waals surface area contributed by atoms with E-state index in [2.05, 4.69) is 20.1 Å². The minimum atomic E-state index is -0.491. The molecule has 0 aliphatic carbocycles. The van der Waals surface area contributed by atoms with E-state index in [1.165, 1.54) is 4.68 Å². The van der Waals surface area contributed by atoms with Crippen LogP contribution >= 0.6 is 11.8 Å². The highest BCUT2D eigenvalue weighted by Crippen LogP contribution is 2.21. The fourth-order valence-electron chi connectivity index (χ4n) is 2.02. The number of hydrogen-bond acceptors (Lipinski definition) is 5. The molecule has 2 N–H and O–H groups in total. The number of anilines is 1. The Balaban J connectivity index is 1.73. The average Bonchev–Trinajstić information content (AvgIpc) is 2.84. The van der Waals surface area contributed by atoms with E-state index in [-0.39, 0.29) is 11.7 Å². The molecule has 0 aliphatic rings. The van der Waals surface area contributed by atoms with E-state index in [1.807, 2.05) is 30.3 Å². The maximum absolute atomic E-state index is 12.1. The molecule has 0 spiro atoms. The lowest BCUT2D eigenvalue weighted by molar-refractivity contribution is -0.772. The molecule has 0 aliphatic heterocycles. The number of amides is 1. The number of hydrogen-bond donors (Lipinski definition) is 2. The number of aromatic amines is 1. The normalized spacial score (nSPS) is 10.8. The first-order chi connectivity index (χ1) is 10.6. The summed E-state index contributed by atoms with van der Waals surface area (Å²) in [6, 6.07) is 9.24. The van der Waals surface area contributed by atoms with Crippen LogP contribution in [0.2, 0.25) is 0 Å². The molecule has 8 heteroatoms. The fraction of sp³-hybridized carbons (Fsp3) is 0.143. The largest absolute Gasteiger partial charge is 0.441 e. The van der Waals surface area contributed by atoms with Gasteiger partial charge in [0.25, 0.3) is 0 Å². The quantitative estimate of drug-likeness (QED) is 0.555. The smallest absolute Gasteiger partial charge is 0.325 e. The van der Waals surface area contributed by atoms with Crippen molar-refractivity contribution in [2.24, 2.45) is 7.05 Å². The van der Waals surface area contributed by atoms with Crippen molar-refractivity contribution in [3.63, 3.8) is 0 Å². The van der Waals surface area contributed by atoms with E-state index in [4.69, 9.17) is 0 Å². The summed E-state index contributed by atoms with van der Waals surface area (Å²) in [4.78, 5) is 27.7. The van der Waals surface area contributed by atoms with Crippen molar-refractivity contribution in [2.45, 2.75) is 5.03 Å². The van der Waals surface area contributed by atoms with Crippen molar-refractivity contribution >= 4 is 34.3 Å². The summed E-state index contributed by atoms with van der Waals surface area (Å²) in [5.74, 6) is -0.102. The van der Waals surface area contributed by atoms with Crippen LogP contribution < -0.4 is 15.6 Å². The molecule has 1 aromatic carbocycles. The van der Waals surface area contributed by atoms with Crippen LogP contribution in [0.5, 0.6) is 0 Å². The summed E-state index contributed by atoms with van der Waals surface area (Å²) in [5, 5.41) is 6.45. The second-order valence-corrected chi connectivity index (χ2v) is 5.52. The Morgan fingerprint density at radius 1 is 1.41 bits per heavy atom. The van der Waals surface area contributed by atoms with E-state index in [1.54, 1.807) is 13.2 Å². The molecule has 0 saturated carbocycles. The minimum Gasteiger partial charge on any atom is -0.325 e. The van der Waals surface area contributed by atoms with Gasteiger partial charge in [-0.15, -0.1) is 0 Å². The number of nitrogens with zero attached hydrogens (tertiary/aromatic N) is 2. The number of pyridine rings is 1. The SMILES string of the molecule is C[n+]1[nH]oc(=O)c1SCC(=O)Nc1cccc2ncccc12. The third-order valence-corrected chi connectivity index (χ3v) is 4.13. The molecule has 0 fully saturated rings. The van der Waals surface area contributed by atoms with Crippen LogP contribution in [0.25, 0.3) is 10.9 Å². The van der Waals surface area contributed by atoms with Gasteiger partial charge in [0.1, 0.15) is 0 Å². The Kier molecular flexibility index (Phi) is 3.92. The van der Waals surface area contributed by atoms with Crippen LogP contribution in [-0.4, -0.2) is 21.9 Å². The van der Waals surface area contributed by atoms with Gasteiger partial charge in [0.15, 0.2) is 7.05 Å². The van der Waals surface area contributed by atoms with Gasteiger partial charge < -0.3 is 5.32 Å². The Morgan fingerprint density at radius 2 is 2.27 bits per heavy atom. The maximum Gasteiger partial charge on any atom is 0.441 e. The number of aryl methyl sites for hydroxylation is 1. The van der Waals surface area contributed by atoms with Crippen LogP contribution in [0.1, 0.15) is 0 Å². The molecule has 0 unspecified atom stereocenters. The van der Waals surface area contributed by atoms with Crippen molar-refractivity contribution < 1.29 is 14.0 Å². The summed E-state index contributed by atoms with van der Waals surface area (Å²) >= 11 is 1.11. The number of H-pyrrole nitrogens is 1. The molecule has 0 bridgehead atoms. The van der Waals surface area contributed by atoms with Crippen LogP contribution in [0.3, 0.4) is 0 Å². The van der Waals surface area contributed by atoms with Gasteiger partial charge in [-0.25, -0.2) is 4.79 Å². The fourth-order valence-corrected chi connectivity index (χ4v) is 2.75. The summed E-state index contributed by atoms with van der Waals surface area (Å²) in [7, 11) is 1.64. The Morgan fingerprint density at radius 3 is 3.05 bits per heavy atom. The van der Waals surface area contributed by atoms with Crippen molar-refractivity contribution in [3.05, 3.63) is 46.9 Å². The molecule has 112 valence electrons. The highest BCUT2D eigenvalue weighted by atomic mass is 32.2. The zero-order valence-corrected chi connectivity index (χ0v) is 12.5. The number of carbonyl (C=O) groups excluding carboxylic acids is 1. The lowest BCUT2D eigenvalue weighted by atomic mass is 10.2. The third-order valence-electron chi connectivity index (χ3n) is 3.01. The predicted molar refractivity (Wildman–Crippen MR) is 81.6 cm³/mol. The molecule has 0 atom stereocenters. The van der Waals surface area contributed by atoms with E-state index in [0.29, 0.717) is 10.7 Å². The second-order valence-electron chi connectivity index (χ2n) is 4.56. The molecule has 0 radical (unpaired) electrons. The van der Waals surface area contributed by atoms with Crippen LogP contribution in [0.15, 0.2) is 50.9 Å². The second kappa shape index (κ2) is 6.02. The first-order valence-corrected chi connectivity index (χ1v) is 7.47. The molecular formula is C14H13N4O3S+. The van der Waals surface area contributed by atoms with Crippen LogP contribution in [0.4, 0.5) is 5.69 Å². The van der Waals surface area contributed by atoms with E-state index in [9.17, 15) is 9.59 Å². The van der Waals surface area contributed by atoms with Gasteiger partial charge in [0, 0.05) is 11.6 Å². The molecule has 3 rings (SSSR count). The summed E-state index contributed by atoms with van der Waals surface area (Å²) in [5.41, 5.74) is 1.02. The summed E-state index contributed by atoms with van der Waals surface area (Å²) in [6.07, 6.45) is 1.70. The van der Waals surface area contributed by atoms with Gasteiger partial charge in [-0.2, -0.15) is 0 Å². The number of aromatic nitrogens is 3. The molecule has 3 aromatic rings. The molecule has 2 aromatic heterocycles. The Labute approximate surface area is 129 Å². The number of rotatable bonds is 4. The highest BCUT2D eigenvalue weighted by molar-refractivity contribution is 7.99. The maximum atomic E-state index is 12.1. The first kappa shape index (κ1) is 14.3. The predicted octanol–water partition coefficient (Wildman–Crippen LogP) is 1.07. The lowest BCUT2D eigenvalue weighted by Crippen LogP contribution is -2.34. The van der Waals surface area contributed by atoms with E-state index < -0.39 is 5.63 Å². The van der Waals surface area contributed by atoms with Crippen LogP contribution in [0, 0.1) is 0 Å². The molecule has 7 nitrogen and oxygen atoms in total. The summed E-state index contributed by atoms with van der Waals surface area (Å²) in [6.45, 7) is 0. The average molecular weight is 317 g/mol. The third kappa shape index (κ3) is 2.86. The minimum absolute atomic E-state index is 0.104. The molecule has 2 heterocycles. The van der Waals surface area contributed by atoms with Crippen molar-refractivity contribution in [1.82, 2.24) is 10.3 Å². The zero-order chi connectivity index (χ0) is 15.5. The van der Waals surface area contributed by atoms with Gasteiger partial charge in [0.2, 0.25) is 5.91 Å². The lowest BCUT2D eigenvalue weighted by Gasteiger charge is -2.07. The zero-order valence-electron chi connectivity index (χ0n) is 11.7. The van der Waals surface area contributed by atoms with Crippen molar-refractivity contribution in [1.29, 1.82) is 0 Å². The standard InChI is InChI=1S/C14H12N4O3S/c1-18-13(14(20)21-17-18)22-8-12(19)16-11-6-2-5-10-9(11)4-3-7-15-10/h2-7H,8H2,1H3,(H-,15,16,17,19,20)/p+1. The van der Waals surface area contributed by atoms with E-state index in [0.717, 1.165) is 22.7 Å². The van der Waals surface area contributed by atoms with Gasteiger partial charge in [-0.1, -0.05) is 10.7 Å². The number of thioether (sulfide) groups is 1. The molecule has 1 amide bonds. The highest BCUT2D eigenvalue weighted by Gasteiger charge is 2.19. The monoisotopic (exact) mass is 317 g/mol. The van der Waals surface area contributed by atoms with E-state index >= 15 is 0 Å². The van der Waals surface area contributed by atoms with Crippen molar-refractivity contribution in [3.8, 4) is 0 Å². The molecule has 0 saturated heterocycles. The number of carbonyl (C=O) groups is 1. The molecule has 22 heavy (non-hydrogen) atoms. The van der Waals surface area contributed by atoms with Crippen molar-refractivity contribution in [2.75, 3.05) is 11.1 Å². The first-order valence-electron chi connectivity index (χ1n) is 6.49. The number of nitrogens with one attached hydrogen (secondary N) is 2. The topological polar surface area (TPSA) is 91.9 Å². The van der Waals surface area contributed by atoms with Crippen LogP contribution in [-0.2, 0) is 11.8 Å². The van der Waals surface area contributed by atoms with Gasteiger partial charge in [0.05, 0.1) is 17.0 Å². The molecular weight excluding hydrogens is 304 g/mol. The Hall–Kier alpha value is -2.61.